The van der Waals surface area contributed by atoms with Gasteiger partial charge in [0.2, 0.25) is 0 Å². The summed E-state index contributed by atoms with van der Waals surface area (Å²) in [5.74, 6) is 1.12. The minimum atomic E-state index is 0.0901. The van der Waals surface area contributed by atoms with Gasteiger partial charge in [-0.3, -0.25) is 10.5 Å². The van der Waals surface area contributed by atoms with Crippen molar-refractivity contribution in [2.24, 2.45) is 10.9 Å². The molecule has 1 aliphatic heterocycles. The number of aromatic nitrogens is 1. The molecule has 0 aliphatic carbocycles. The first-order valence-corrected chi connectivity index (χ1v) is 12.0. The second-order valence-electron chi connectivity index (χ2n) is 7.86. The van der Waals surface area contributed by atoms with Gasteiger partial charge in [0.15, 0.2) is 0 Å². The van der Waals surface area contributed by atoms with Gasteiger partial charge in [-0.25, -0.2) is 4.98 Å². The molecule has 8 heteroatoms. The van der Waals surface area contributed by atoms with Gasteiger partial charge in [0.05, 0.1) is 10.2 Å². The zero-order chi connectivity index (χ0) is 23.2. The number of nitrogens with zero attached hydrogens (tertiary/aromatic N) is 1. The number of thiol groups is 1. The number of nitrogens with two attached hydrogens (primary N) is 2. The molecule has 6 N–H and O–H groups in total. The minimum Gasteiger partial charge on any atom is -0.488 e. The van der Waals surface area contributed by atoms with E-state index in [1.54, 1.807) is 11.3 Å². The van der Waals surface area contributed by atoms with Crippen molar-refractivity contribution >= 4 is 40.2 Å². The number of benzene rings is 3. The van der Waals surface area contributed by atoms with Gasteiger partial charge in [0, 0.05) is 24.6 Å². The van der Waals surface area contributed by atoms with Crippen LogP contribution in [0.15, 0.2) is 72.8 Å². The molecule has 6 nitrogen and oxygen atoms in total. The first kappa shape index (κ1) is 23.3. The second kappa shape index (κ2) is 10.8. The lowest BCUT2D eigenvalue weighted by Crippen LogP contribution is -2.50. The summed E-state index contributed by atoms with van der Waals surface area (Å²) in [5, 5.41) is 16.3. The number of nitrogen functional groups attached to an aromatic ring is 1. The highest BCUT2D eigenvalue weighted by atomic mass is 32.1. The number of ether oxygens (including phenoxy) is 1. The highest BCUT2D eigenvalue weighted by molar-refractivity contribution is 7.77. The highest BCUT2D eigenvalue weighted by Gasteiger charge is 2.21. The Morgan fingerprint density at radius 3 is 2.58 bits per heavy atom. The van der Waals surface area contributed by atoms with E-state index >= 15 is 0 Å². The van der Waals surface area contributed by atoms with E-state index in [0.717, 1.165) is 51.6 Å². The van der Waals surface area contributed by atoms with Crippen LogP contribution in [0.4, 0.5) is 0 Å². The fraction of sp³-hybridized carbons (Fsp3) is 0.200. The van der Waals surface area contributed by atoms with E-state index in [4.69, 9.17) is 20.9 Å². The van der Waals surface area contributed by atoms with Crippen LogP contribution in [0.3, 0.4) is 0 Å². The smallest absolute Gasteiger partial charge is 0.123 e. The SMILES string of the molecule is N=C(N)c1cccc(CC(c2ccccc2)c2nc3ccc(OC4CNC4)cc3s2)c1.NS. The molecule has 2 heterocycles. The molecular formula is C25H27N5OS2. The lowest BCUT2D eigenvalue weighted by atomic mass is 9.92. The van der Waals surface area contributed by atoms with Crippen LogP contribution >= 0.6 is 24.2 Å². The van der Waals surface area contributed by atoms with Crippen molar-refractivity contribution in [1.82, 2.24) is 10.3 Å². The molecule has 0 bridgehead atoms. The molecule has 0 amide bonds. The molecule has 1 unspecified atom stereocenters. The highest BCUT2D eigenvalue weighted by Crippen LogP contribution is 2.36. The van der Waals surface area contributed by atoms with Crippen LogP contribution in [0.2, 0.25) is 0 Å². The molecule has 1 aliphatic rings. The standard InChI is InChI=1S/C25H24N4OS.H3NS/c26-24(27)18-8-4-5-16(11-18)12-21(17-6-2-1-3-7-17)25-29-22-10-9-19(13-23(22)31-25)30-20-14-28-15-20;1-2/h1-11,13,20-21,28H,12,14-15H2,(H3,26,27);2H,1H2. The summed E-state index contributed by atoms with van der Waals surface area (Å²) >= 11 is 4.75. The molecule has 4 aromatic rings. The van der Waals surface area contributed by atoms with Crippen LogP contribution in [0.1, 0.15) is 27.6 Å². The average Bonchev–Trinajstić information content (AvgIpc) is 3.25. The van der Waals surface area contributed by atoms with E-state index in [1.165, 1.54) is 5.56 Å². The Bertz CT molecular complexity index is 1220. The van der Waals surface area contributed by atoms with Crippen LogP contribution in [0.5, 0.6) is 5.75 Å². The Labute approximate surface area is 203 Å². The maximum atomic E-state index is 7.75. The van der Waals surface area contributed by atoms with Crippen LogP contribution in [0.25, 0.3) is 10.2 Å². The fourth-order valence-corrected chi connectivity index (χ4v) is 4.94. The second-order valence-corrected chi connectivity index (χ2v) is 8.92. The summed E-state index contributed by atoms with van der Waals surface area (Å²) in [7, 11) is 0. The number of rotatable bonds is 7. The summed E-state index contributed by atoms with van der Waals surface area (Å²) < 4.78 is 7.17. The van der Waals surface area contributed by atoms with E-state index in [-0.39, 0.29) is 17.9 Å². The van der Waals surface area contributed by atoms with Crippen molar-refractivity contribution in [2.45, 2.75) is 18.4 Å². The Morgan fingerprint density at radius 2 is 1.88 bits per heavy atom. The van der Waals surface area contributed by atoms with Crippen LogP contribution in [0, 0.1) is 5.41 Å². The van der Waals surface area contributed by atoms with E-state index in [1.807, 2.05) is 30.3 Å². The van der Waals surface area contributed by atoms with Gasteiger partial charge in [-0.15, -0.1) is 24.2 Å². The molecule has 0 radical (unpaired) electrons. The predicted molar refractivity (Wildman–Crippen MR) is 140 cm³/mol. The number of amidine groups is 1. The lowest BCUT2D eigenvalue weighted by Gasteiger charge is -2.27. The lowest BCUT2D eigenvalue weighted by molar-refractivity contribution is 0.142. The third-order valence-corrected chi connectivity index (χ3v) is 6.73. The van der Waals surface area contributed by atoms with Crippen molar-refractivity contribution in [3.05, 3.63) is 94.5 Å². The fourth-order valence-electron chi connectivity index (χ4n) is 3.82. The maximum absolute atomic E-state index is 7.75. The summed E-state index contributed by atoms with van der Waals surface area (Å²) in [6.45, 7) is 1.81. The first-order chi connectivity index (χ1) is 16.2. The Hall–Kier alpha value is -2.91. The molecule has 1 saturated heterocycles. The molecule has 0 spiro atoms. The zero-order valence-corrected chi connectivity index (χ0v) is 19.8. The number of hydrogen-bond acceptors (Lipinski definition) is 7. The van der Waals surface area contributed by atoms with Gasteiger partial charge in [0.1, 0.15) is 22.7 Å². The quantitative estimate of drug-likeness (QED) is 0.156. The van der Waals surface area contributed by atoms with Gasteiger partial charge in [-0.1, -0.05) is 48.5 Å². The Morgan fingerprint density at radius 1 is 1.09 bits per heavy atom. The van der Waals surface area contributed by atoms with Crippen molar-refractivity contribution in [3.8, 4) is 5.75 Å². The molecule has 5 rings (SSSR count). The molecule has 1 atom stereocenters. The Balaban J connectivity index is 0.00000126. The van der Waals surface area contributed by atoms with Gasteiger partial charge in [0.25, 0.3) is 0 Å². The average molecular weight is 478 g/mol. The van der Waals surface area contributed by atoms with E-state index in [0.29, 0.717) is 0 Å². The van der Waals surface area contributed by atoms with Crippen molar-refractivity contribution in [1.29, 1.82) is 5.41 Å². The van der Waals surface area contributed by atoms with Gasteiger partial charge in [-0.05, 0) is 41.8 Å². The van der Waals surface area contributed by atoms with Gasteiger partial charge >= 0.3 is 0 Å². The van der Waals surface area contributed by atoms with E-state index in [9.17, 15) is 0 Å². The largest absolute Gasteiger partial charge is 0.488 e. The molecule has 0 saturated carbocycles. The number of thiazole rings is 1. The first-order valence-electron chi connectivity index (χ1n) is 10.7. The zero-order valence-electron chi connectivity index (χ0n) is 18.1. The van der Waals surface area contributed by atoms with Gasteiger partial charge in [-0.2, -0.15) is 0 Å². The number of fused-ring (bicyclic) bond motifs is 1. The monoisotopic (exact) mass is 477 g/mol. The van der Waals surface area contributed by atoms with Crippen LogP contribution < -0.4 is 20.9 Å². The normalized spacial score (nSPS) is 14.1. The minimum absolute atomic E-state index is 0.0901. The van der Waals surface area contributed by atoms with Crippen molar-refractivity contribution < 1.29 is 4.74 Å². The summed E-state index contributed by atoms with van der Waals surface area (Å²) in [5.41, 5.74) is 9.82. The number of nitrogens with one attached hydrogen (secondary N) is 2. The third kappa shape index (κ3) is 5.54. The summed E-state index contributed by atoms with van der Waals surface area (Å²) in [6, 6.07) is 24.6. The summed E-state index contributed by atoms with van der Waals surface area (Å²) in [6.07, 6.45) is 1.05. The third-order valence-electron chi connectivity index (χ3n) is 5.60. The molecular weight excluding hydrogens is 450 g/mol. The van der Waals surface area contributed by atoms with E-state index in [2.05, 4.69) is 65.7 Å². The van der Waals surface area contributed by atoms with Crippen LogP contribution in [-0.2, 0) is 6.42 Å². The molecule has 1 fully saturated rings. The number of hydrogen-bond donors (Lipinski definition) is 5. The van der Waals surface area contributed by atoms with E-state index < -0.39 is 0 Å². The van der Waals surface area contributed by atoms with Crippen LogP contribution in [-0.4, -0.2) is 30.0 Å². The molecule has 1 aromatic heterocycles. The molecule has 170 valence electrons. The topological polar surface area (TPSA) is 110 Å². The van der Waals surface area contributed by atoms with Crippen molar-refractivity contribution in [3.63, 3.8) is 0 Å². The molecule has 33 heavy (non-hydrogen) atoms. The summed E-state index contributed by atoms with van der Waals surface area (Å²) in [4.78, 5) is 4.98. The van der Waals surface area contributed by atoms with Crippen molar-refractivity contribution in [2.75, 3.05) is 13.1 Å². The molecule has 3 aromatic carbocycles. The Kier molecular flexibility index (Phi) is 7.61. The maximum Gasteiger partial charge on any atom is 0.123 e. The van der Waals surface area contributed by atoms with Gasteiger partial charge < -0.3 is 15.8 Å². The predicted octanol–water partition coefficient (Wildman–Crippen LogP) is 4.10.